The molecule has 1 aromatic rings. The summed E-state index contributed by atoms with van der Waals surface area (Å²) in [6, 6.07) is 0. The van der Waals surface area contributed by atoms with Crippen LogP contribution < -0.4 is 10.6 Å². The van der Waals surface area contributed by atoms with Crippen LogP contribution in [0.1, 0.15) is 13.8 Å². The Kier molecular flexibility index (Phi) is 4.97. The Hall–Kier alpha value is -2.25. The highest BCUT2D eigenvalue weighted by Crippen LogP contribution is 2.07. The maximum atomic E-state index is 11.4. The molecule has 1 amide bonds. The molecule has 0 bridgehead atoms. The van der Waals surface area contributed by atoms with Gasteiger partial charge >= 0.3 is 5.69 Å². The van der Waals surface area contributed by atoms with E-state index in [4.69, 9.17) is 0 Å². The van der Waals surface area contributed by atoms with Crippen LogP contribution in [0.25, 0.3) is 0 Å². The molecule has 0 aromatic carbocycles. The second-order valence-electron chi connectivity index (χ2n) is 4.07. The van der Waals surface area contributed by atoms with Gasteiger partial charge in [-0.3, -0.25) is 14.9 Å². The van der Waals surface area contributed by atoms with Gasteiger partial charge in [0.25, 0.3) is 0 Å². The van der Waals surface area contributed by atoms with Crippen LogP contribution in [0.2, 0.25) is 0 Å². The molecule has 8 nitrogen and oxygen atoms in total. The maximum absolute atomic E-state index is 11.4. The predicted molar refractivity (Wildman–Crippen MR) is 65.0 cm³/mol. The van der Waals surface area contributed by atoms with E-state index in [1.807, 2.05) is 13.8 Å². The second-order valence-corrected chi connectivity index (χ2v) is 4.07. The normalized spacial score (nSPS) is 10.2. The number of nitro groups is 1. The molecule has 98 valence electrons. The Morgan fingerprint density at radius 3 is 2.56 bits per heavy atom. The third-order valence-corrected chi connectivity index (χ3v) is 1.96. The summed E-state index contributed by atoms with van der Waals surface area (Å²) in [4.78, 5) is 28.6. The zero-order valence-electron chi connectivity index (χ0n) is 10.2. The van der Waals surface area contributed by atoms with Crippen LogP contribution in [-0.2, 0) is 4.79 Å². The maximum Gasteiger partial charge on any atom is 0.305 e. The summed E-state index contributed by atoms with van der Waals surface area (Å²) in [5.41, 5.74) is -0.190. The first-order valence-corrected chi connectivity index (χ1v) is 5.46. The molecule has 0 saturated carbocycles. The highest BCUT2D eigenvalue weighted by molar-refractivity contribution is 5.80. The minimum atomic E-state index is -0.584. The summed E-state index contributed by atoms with van der Waals surface area (Å²) in [6.07, 6.45) is 2.17. The Balaban J connectivity index is 2.39. The molecule has 0 unspecified atom stereocenters. The van der Waals surface area contributed by atoms with E-state index in [2.05, 4.69) is 20.6 Å². The number of hydrogen-bond acceptors (Lipinski definition) is 6. The molecule has 1 rings (SSSR count). The highest BCUT2D eigenvalue weighted by Gasteiger charge is 2.07. The van der Waals surface area contributed by atoms with Crippen molar-refractivity contribution in [2.75, 3.05) is 18.4 Å². The third kappa shape index (κ3) is 4.73. The van der Waals surface area contributed by atoms with Crippen molar-refractivity contribution in [2.45, 2.75) is 13.8 Å². The summed E-state index contributed by atoms with van der Waals surface area (Å²) < 4.78 is 0. The van der Waals surface area contributed by atoms with E-state index in [0.717, 1.165) is 12.4 Å². The average Bonchev–Trinajstić information content (AvgIpc) is 2.34. The summed E-state index contributed by atoms with van der Waals surface area (Å²) in [6.45, 7) is 4.62. The smallest absolute Gasteiger partial charge is 0.305 e. The van der Waals surface area contributed by atoms with Crippen molar-refractivity contribution in [3.8, 4) is 0 Å². The first-order valence-electron chi connectivity index (χ1n) is 5.46. The Bertz CT molecular complexity index is 418. The van der Waals surface area contributed by atoms with E-state index >= 15 is 0 Å². The van der Waals surface area contributed by atoms with Gasteiger partial charge in [-0.2, -0.15) is 0 Å². The van der Waals surface area contributed by atoms with Crippen molar-refractivity contribution in [3.63, 3.8) is 0 Å². The van der Waals surface area contributed by atoms with Crippen LogP contribution in [0.3, 0.4) is 0 Å². The molecular formula is C10H15N5O3. The quantitative estimate of drug-likeness (QED) is 0.566. The average molecular weight is 253 g/mol. The zero-order valence-corrected chi connectivity index (χ0v) is 10.2. The van der Waals surface area contributed by atoms with Crippen LogP contribution >= 0.6 is 0 Å². The van der Waals surface area contributed by atoms with Gasteiger partial charge < -0.3 is 10.6 Å². The number of hydrogen-bond donors (Lipinski definition) is 2. The van der Waals surface area contributed by atoms with Gasteiger partial charge in [-0.25, -0.2) is 9.97 Å². The van der Waals surface area contributed by atoms with Gasteiger partial charge in [0.1, 0.15) is 12.4 Å². The highest BCUT2D eigenvalue weighted by atomic mass is 16.6. The Morgan fingerprint density at radius 2 is 2.06 bits per heavy atom. The van der Waals surface area contributed by atoms with E-state index in [1.165, 1.54) is 0 Å². The van der Waals surface area contributed by atoms with Crippen LogP contribution in [0.15, 0.2) is 12.4 Å². The standard InChI is InChI=1S/C10H15N5O3/c1-7(2)3-11-9(16)6-14-10-12-4-8(5-13-10)15(17)18/h4-5,7H,3,6H2,1-2H3,(H,11,16)(H,12,13,14). The summed E-state index contributed by atoms with van der Waals surface area (Å²) in [5.74, 6) is 0.385. The molecule has 0 aliphatic heterocycles. The molecule has 0 aliphatic carbocycles. The lowest BCUT2D eigenvalue weighted by atomic mass is 10.2. The van der Waals surface area contributed by atoms with Gasteiger partial charge in [-0.15, -0.1) is 0 Å². The van der Waals surface area contributed by atoms with Crippen molar-refractivity contribution in [1.82, 2.24) is 15.3 Å². The first kappa shape index (κ1) is 13.8. The zero-order chi connectivity index (χ0) is 13.5. The minimum Gasteiger partial charge on any atom is -0.354 e. The molecule has 0 aliphatic rings. The molecule has 2 N–H and O–H groups in total. The van der Waals surface area contributed by atoms with E-state index in [1.54, 1.807) is 0 Å². The van der Waals surface area contributed by atoms with Crippen molar-refractivity contribution in [1.29, 1.82) is 0 Å². The van der Waals surface area contributed by atoms with Gasteiger partial charge in [-0.1, -0.05) is 13.8 Å². The number of rotatable bonds is 6. The number of nitrogens with one attached hydrogen (secondary N) is 2. The molecule has 18 heavy (non-hydrogen) atoms. The predicted octanol–water partition coefficient (Wildman–Crippen LogP) is 0.569. The lowest BCUT2D eigenvalue weighted by Gasteiger charge is -2.08. The fraction of sp³-hybridized carbons (Fsp3) is 0.500. The van der Waals surface area contributed by atoms with Gasteiger partial charge in [0.05, 0.1) is 11.5 Å². The fourth-order valence-electron chi connectivity index (χ4n) is 1.05. The monoisotopic (exact) mass is 253 g/mol. The molecular weight excluding hydrogens is 238 g/mol. The largest absolute Gasteiger partial charge is 0.354 e. The summed E-state index contributed by atoms with van der Waals surface area (Å²) >= 11 is 0. The molecule has 0 saturated heterocycles. The van der Waals surface area contributed by atoms with E-state index < -0.39 is 4.92 Å². The van der Waals surface area contributed by atoms with Crippen molar-refractivity contribution >= 4 is 17.5 Å². The van der Waals surface area contributed by atoms with Crippen LogP contribution in [0.4, 0.5) is 11.6 Å². The Labute approximate surface area is 104 Å². The van der Waals surface area contributed by atoms with E-state index in [0.29, 0.717) is 12.5 Å². The third-order valence-electron chi connectivity index (χ3n) is 1.96. The first-order chi connectivity index (χ1) is 8.49. The molecule has 8 heteroatoms. The van der Waals surface area contributed by atoms with Gasteiger partial charge in [0.15, 0.2) is 0 Å². The number of nitrogens with zero attached hydrogens (tertiary/aromatic N) is 3. The summed E-state index contributed by atoms with van der Waals surface area (Å²) in [7, 11) is 0. The van der Waals surface area contributed by atoms with Crippen LogP contribution in [0, 0.1) is 16.0 Å². The molecule has 0 fully saturated rings. The number of amides is 1. The lowest BCUT2D eigenvalue weighted by Crippen LogP contribution is -2.32. The van der Waals surface area contributed by atoms with Gasteiger partial charge in [0, 0.05) is 6.54 Å². The van der Waals surface area contributed by atoms with E-state index in [9.17, 15) is 14.9 Å². The number of aromatic nitrogens is 2. The SMILES string of the molecule is CC(C)CNC(=O)CNc1ncc([N+](=O)[O-])cn1. The summed E-state index contributed by atoms with van der Waals surface area (Å²) in [5, 5.41) is 15.8. The molecule has 1 aromatic heterocycles. The van der Waals surface area contributed by atoms with E-state index in [-0.39, 0.29) is 24.1 Å². The Morgan fingerprint density at radius 1 is 1.44 bits per heavy atom. The number of carbonyl (C=O) groups is 1. The molecule has 0 radical (unpaired) electrons. The van der Waals surface area contributed by atoms with Crippen molar-refractivity contribution in [2.24, 2.45) is 5.92 Å². The number of anilines is 1. The van der Waals surface area contributed by atoms with Crippen molar-refractivity contribution < 1.29 is 9.72 Å². The second kappa shape index (κ2) is 6.48. The van der Waals surface area contributed by atoms with Crippen LogP contribution in [-0.4, -0.2) is 33.9 Å². The molecule has 1 heterocycles. The topological polar surface area (TPSA) is 110 Å². The van der Waals surface area contributed by atoms with Crippen molar-refractivity contribution in [3.05, 3.63) is 22.5 Å². The number of carbonyl (C=O) groups excluding carboxylic acids is 1. The molecule has 0 spiro atoms. The fourth-order valence-corrected chi connectivity index (χ4v) is 1.05. The van der Waals surface area contributed by atoms with Crippen LogP contribution in [0.5, 0.6) is 0 Å². The van der Waals surface area contributed by atoms with Gasteiger partial charge in [-0.05, 0) is 5.92 Å². The molecule has 0 atom stereocenters. The van der Waals surface area contributed by atoms with Gasteiger partial charge in [0.2, 0.25) is 11.9 Å². The minimum absolute atomic E-state index is 0.0323. The lowest BCUT2D eigenvalue weighted by molar-refractivity contribution is -0.385.